The van der Waals surface area contributed by atoms with Crippen LogP contribution in [-0.2, 0) is 6.42 Å². The zero-order valence-corrected chi connectivity index (χ0v) is 18.6. The summed E-state index contributed by atoms with van der Waals surface area (Å²) in [5.74, 6) is 0.640. The van der Waals surface area contributed by atoms with Gasteiger partial charge in [-0.2, -0.15) is 5.26 Å². The number of nitrogens with zero attached hydrogens (tertiary/aromatic N) is 2. The Kier molecular flexibility index (Phi) is 6.66. The standard InChI is InChI=1S/C23H22BrN3S/c1-15(2)10-17-5-7-18(8-6-17)22-14-28-23(27-22)19(12-25)13-26-21-9-4-16(3)11-20(21)24/h4-9,11,13-15,26H,10H2,1-3H3. The number of hydrogen-bond donors (Lipinski definition) is 1. The van der Waals surface area contributed by atoms with Gasteiger partial charge in [0.05, 0.1) is 11.4 Å². The monoisotopic (exact) mass is 451 g/mol. The summed E-state index contributed by atoms with van der Waals surface area (Å²) >= 11 is 5.02. The van der Waals surface area contributed by atoms with Gasteiger partial charge < -0.3 is 5.32 Å². The Morgan fingerprint density at radius 3 is 2.64 bits per heavy atom. The van der Waals surface area contributed by atoms with Crippen molar-refractivity contribution in [1.29, 1.82) is 5.26 Å². The van der Waals surface area contributed by atoms with Crippen LogP contribution in [-0.4, -0.2) is 4.98 Å². The van der Waals surface area contributed by atoms with Crippen LogP contribution >= 0.6 is 27.3 Å². The van der Waals surface area contributed by atoms with Gasteiger partial charge in [-0.3, -0.25) is 0 Å². The van der Waals surface area contributed by atoms with E-state index >= 15 is 0 Å². The molecule has 3 nitrogen and oxygen atoms in total. The van der Waals surface area contributed by atoms with Gasteiger partial charge in [0.25, 0.3) is 0 Å². The first-order valence-electron chi connectivity index (χ1n) is 9.14. The van der Waals surface area contributed by atoms with E-state index in [2.05, 4.69) is 70.4 Å². The highest BCUT2D eigenvalue weighted by molar-refractivity contribution is 9.10. The van der Waals surface area contributed by atoms with Crippen LogP contribution < -0.4 is 5.32 Å². The fourth-order valence-corrected chi connectivity index (χ4v) is 4.24. The van der Waals surface area contributed by atoms with Gasteiger partial charge in [-0.05, 0) is 58.5 Å². The normalized spacial score (nSPS) is 11.5. The number of nitrogens with one attached hydrogen (secondary N) is 1. The molecule has 0 radical (unpaired) electrons. The number of halogens is 1. The van der Waals surface area contributed by atoms with Gasteiger partial charge in [-0.1, -0.05) is 44.2 Å². The Hall–Kier alpha value is -2.42. The minimum absolute atomic E-state index is 0.514. The summed E-state index contributed by atoms with van der Waals surface area (Å²) in [5.41, 5.74) is 5.90. The van der Waals surface area contributed by atoms with Crippen molar-refractivity contribution in [3.63, 3.8) is 0 Å². The van der Waals surface area contributed by atoms with E-state index in [9.17, 15) is 5.26 Å². The lowest BCUT2D eigenvalue weighted by Gasteiger charge is -2.06. The molecule has 3 aromatic rings. The number of rotatable bonds is 6. The van der Waals surface area contributed by atoms with Crippen molar-refractivity contribution >= 4 is 38.5 Å². The smallest absolute Gasteiger partial charge is 0.136 e. The minimum Gasteiger partial charge on any atom is -0.359 e. The molecule has 0 aliphatic heterocycles. The van der Waals surface area contributed by atoms with E-state index in [1.165, 1.54) is 22.5 Å². The summed E-state index contributed by atoms with van der Waals surface area (Å²) in [7, 11) is 0. The largest absolute Gasteiger partial charge is 0.359 e. The number of nitriles is 1. The molecule has 1 aromatic heterocycles. The fourth-order valence-electron chi connectivity index (χ4n) is 2.84. The Balaban J connectivity index is 1.78. The Labute approximate surface area is 178 Å². The van der Waals surface area contributed by atoms with Gasteiger partial charge in [0, 0.05) is 21.6 Å². The third-order valence-corrected chi connectivity index (χ3v) is 5.78. The Morgan fingerprint density at radius 1 is 1.25 bits per heavy atom. The zero-order valence-electron chi connectivity index (χ0n) is 16.2. The number of thiazole rings is 1. The maximum atomic E-state index is 9.57. The summed E-state index contributed by atoms with van der Waals surface area (Å²) in [5, 5.41) is 15.5. The molecule has 142 valence electrons. The summed E-state index contributed by atoms with van der Waals surface area (Å²) < 4.78 is 0.961. The van der Waals surface area contributed by atoms with Crippen LogP contribution in [0.4, 0.5) is 5.69 Å². The maximum Gasteiger partial charge on any atom is 0.136 e. The average Bonchev–Trinajstić information content (AvgIpc) is 3.14. The van der Waals surface area contributed by atoms with Crippen LogP contribution in [0.25, 0.3) is 16.8 Å². The number of aryl methyl sites for hydroxylation is 1. The van der Waals surface area contributed by atoms with Crippen molar-refractivity contribution < 1.29 is 0 Å². The molecule has 0 aliphatic carbocycles. The number of anilines is 1. The highest BCUT2D eigenvalue weighted by Crippen LogP contribution is 2.28. The van der Waals surface area contributed by atoms with E-state index in [4.69, 9.17) is 0 Å². The van der Waals surface area contributed by atoms with Crippen LogP contribution in [0.15, 0.2) is 58.5 Å². The minimum atomic E-state index is 0.514. The van der Waals surface area contributed by atoms with Gasteiger partial charge in [-0.25, -0.2) is 4.98 Å². The number of benzene rings is 2. The molecule has 0 saturated heterocycles. The van der Waals surface area contributed by atoms with Crippen molar-refractivity contribution in [3.8, 4) is 17.3 Å². The highest BCUT2D eigenvalue weighted by atomic mass is 79.9. The molecule has 5 heteroatoms. The molecule has 3 rings (SSSR count). The molecule has 0 amide bonds. The van der Waals surface area contributed by atoms with Crippen LogP contribution in [0.5, 0.6) is 0 Å². The summed E-state index contributed by atoms with van der Waals surface area (Å²) in [6.45, 7) is 6.48. The van der Waals surface area contributed by atoms with Crippen LogP contribution in [0, 0.1) is 24.2 Å². The van der Waals surface area contributed by atoms with Crippen LogP contribution in [0.1, 0.15) is 30.0 Å². The lowest BCUT2D eigenvalue weighted by molar-refractivity contribution is 0.647. The topological polar surface area (TPSA) is 48.7 Å². The SMILES string of the molecule is Cc1ccc(NC=C(C#N)c2nc(-c3ccc(CC(C)C)cc3)cs2)c(Br)c1. The molecule has 0 aliphatic rings. The predicted octanol–water partition coefficient (Wildman–Crippen LogP) is 7.06. The third-order valence-electron chi connectivity index (χ3n) is 4.25. The first kappa shape index (κ1) is 20.3. The van der Waals surface area contributed by atoms with E-state index in [0.717, 1.165) is 27.8 Å². The average molecular weight is 452 g/mol. The van der Waals surface area contributed by atoms with Crippen molar-refractivity contribution in [2.24, 2.45) is 5.92 Å². The molecular weight excluding hydrogens is 430 g/mol. The highest BCUT2D eigenvalue weighted by Gasteiger charge is 2.10. The van der Waals surface area contributed by atoms with E-state index in [-0.39, 0.29) is 0 Å². The lowest BCUT2D eigenvalue weighted by Crippen LogP contribution is -1.93. The molecular formula is C23H22BrN3S. The second-order valence-corrected chi connectivity index (χ2v) is 8.84. The van der Waals surface area contributed by atoms with E-state index < -0.39 is 0 Å². The van der Waals surface area contributed by atoms with Crippen LogP contribution in [0.2, 0.25) is 0 Å². The first-order valence-corrected chi connectivity index (χ1v) is 10.8. The molecule has 0 bridgehead atoms. The summed E-state index contributed by atoms with van der Waals surface area (Å²) in [6, 6.07) is 16.8. The van der Waals surface area contributed by atoms with Gasteiger partial charge in [0.15, 0.2) is 0 Å². The summed E-state index contributed by atoms with van der Waals surface area (Å²) in [6.07, 6.45) is 2.79. The second kappa shape index (κ2) is 9.18. The predicted molar refractivity (Wildman–Crippen MR) is 122 cm³/mol. The molecule has 1 N–H and O–H groups in total. The van der Waals surface area contributed by atoms with Gasteiger partial charge in [0.1, 0.15) is 16.6 Å². The van der Waals surface area contributed by atoms with E-state index in [0.29, 0.717) is 16.5 Å². The van der Waals surface area contributed by atoms with Crippen LogP contribution in [0.3, 0.4) is 0 Å². The number of allylic oxidation sites excluding steroid dienone is 1. The van der Waals surface area contributed by atoms with Crippen molar-refractivity contribution in [2.75, 3.05) is 5.32 Å². The number of aromatic nitrogens is 1. The maximum absolute atomic E-state index is 9.57. The van der Waals surface area contributed by atoms with Crippen molar-refractivity contribution in [1.82, 2.24) is 4.98 Å². The van der Waals surface area contributed by atoms with E-state index in [1.54, 1.807) is 6.20 Å². The zero-order chi connectivity index (χ0) is 20.1. The second-order valence-electron chi connectivity index (χ2n) is 7.13. The Morgan fingerprint density at radius 2 is 2.00 bits per heavy atom. The van der Waals surface area contributed by atoms with E-state index in [1.807, 2.05) is 30.5 Å². The van der Waals surface area contributed by atoms with Crippen molar-refractivity contribution in [2.45, 2.75) is 27.2 Å². The third kappa shape index (κ3) is 5.09. The van der Waals surface area contributed by atoms with Gasteiger partial charge >= 0.3 is 0 Å². The fraction of sp³-hybridized carbons (Fsp3) is 0.217. The summed E-state index contributed by atoms with van der Waals surface area (Å²) in [4.78, 5) is 4.67. The first-order chi connectivity index (χ1) is 13.5. The molecule has 0 saturated carbocycles. The molecule has 0 unspecified atom stereocenters. The lowest BCUT2D eigenvalue weighted by atomic mass is 10.0. The molecule has 0 atom stereocenters. The number of hydrogen-bond acceptors (Lipinski definition) is 4. The molecule has 0 spiro atoms. The van der Waals surface area contributed by atoms with Gasteiger partial charge in [0.2, 0.25) is 0 Å². The molecule has 1 heterocycles. The van der Waals surface area contributed by atoms with Gasteiger partial charge in [-0.15, -0.1) is 11.3 Å². The quantitative estimate of drug-likeness (QED) is 0.408. The van der Waals surface area contributed by atoms with Crippen molar-refractivity contribution in [3.05, 3.63) is 74.7 Å². The Bertz CT molecular complexity index is 1030. The molecule has 28 heavy (non-hydrogen) atoms. The molecule has 2 aromatic carbocycles. The molecule has 0 fully saturated rings.